The van der Waals surface area contributed by atoms with Crippen molar-refractivity contribution in [3.63, 3.8) is 0 Å². The molecule has 1 aliphatic rings. The van der Waals surface area contributed by atoms with Gasteiger partial charge in [0.05, 0.1) is 16.9 Å². The van der Waals surface area contributed by atoms with Gasteiger partial charge < -0.3 is 9.64 Å². The Morgan fingerprint density at radius 1 is 1.07 bits per heavy atom. The number of anilines is 1. The molecule has 0 amide bonds. The van der Waals surface area contributed by atoms with E-state index >= 15 is 0 Å². The number of benzene rings is 2. The molecule has 9 heteroatoms. The third kappa shape index (κ3) is 3.74. The lowest BCUT2D eigenvalue weighted by molar-refractivity contribution is -0.386. The minimum absolute atomic E-state index is 0.0309. The van der Waals surface area contributed by atoms with E-state index in [4.69, 9.17) is 4.74 Å². The van der Waals surface area contributed by atoms with Gasteiger partial charge in [-0.1, -0.05) is 18.2 Å². The number of hydrogen-bond donors (Lipinski definition) is 0. The van der Waals surface area contributed by atoms with Crippen molar-refractivity contribution < 1.29 is 18.1 Å². The lowest BCUT2D eigenvalue weighted by Gasteiger charge is -2.36. The molecular weight excluding hydrogens is 370 g/mol. The Labute approximate surface area is 158 Å². The molecule has 0 N–H and O–H groups in total. The first-order valence-corrected chi connectivity index (χ1v) is 9.92. The van der Waals surface area contributed by atoms with E-state index in [9.17, 15) is 18.5 Å². The summed E-state index contributed by atoms with van der Waals surface area (Å²) in [7, 11) is -2.51. The fraction of sp³-hybridized carbons (Fsp3) is 0.333. The lowest BCUT2D eigenvalue weighted by Crippen LogP contribution is -2.48. The predicted octanol–water partition coefficient (Wildman–Crippen LogP) is 2.42. The number of piperazine rings is 1. The average molecular weight is 391 g/mol. The molecule has 2 aromatic rings. The summed E-state index contributed by atoms with van der Waals surface area (Å²) in [6, 6.07) is 11.7. The zero-order chi connectivity index (χ0) is 19.6. The average Bonchev–Trinajstić information content (AvgIpc) is 2.68. The minimum Gasteiger partial charge on any atom is -0.490 e. The lowest BCUT2D eigenvalue weighted by atomic mass is 10.1. The number of nitro groups is 1. The summed E-state index contributed by atoms with van der Waals surface area (Å²) in [5.41, 5.74) is 1.87. The number of nitro benzene ring substituents is 1. The van der Waals surface area contributed by atoms with E-state index < -0.39 is 14.9 Å². The van der Waals surface area contributed by atoms with E-state index in [-0.39, 0.29) is 16.3 Å². The van der Waals surface area contributed by atoms with Crippen molar-refractivity contribution in [2.45, 2.75) is 11.8 Å². The molecule has 0 atom stereocenters. The van der Waals surface area contributed by atoms with Crippen LogP contribution in [-0.4, -0.2) is 50.9 Å². The quantitative estimate of drug-likeness (QED) is 0.574. The maximum Gasteiger partial charge on any atom is 0.312 e. The maximum absolute atomic E-state index is 12.9. The van der Waals surface area contributed by atoms with Gasteiger partial charge in [0.2, 0.25) is 10.0 Å². The normalized spacial score (nSPS) is 15.6. The van der Waals surface area contributed by atoms with E-state index in [2.05, 4.69) is 4.90 Å². The standard InChI is InChI=1S/C18H21N3O5S/c1-14-5-3-4-6-16(14)19-9-11-20(12-10-19)27(24,25)15-7-8-18(26-2)17(13-15)21(22)23/h3-8,13H,9-12H2,1-2H3. The zero-order valence-corrected chi connectivity index (χ0v) is 16.0. The van der Waals surface area contributed by atoms with E-state index in [1.54, 1.807) is 0 Å². The van der Waals surface area contributed by atoms with Gasteiger partial charge in [-0.2, -0.15) is 4.31 Å². The van der Waals surface area contributed by atoms with Gasteiger partial charge in [0.1, 0.15) is 0 Å². The molecule has 0 spiro atoms. The second kappa shape index (κ2) is 7.53. The number of methoxy groups -OCH3 is 1. The van der Waals surface area contributed by atoms with Crippen LogP contribution in [0.25, 0.3) is 0 Å². The summed E-state index contributed by atoms with van der Waals surface area (Å²) in [6.07, 6.45) is 0. The van der Waals surface area contributed by atoms with Crippen LogP contribution in [0.2, 0.25) is 0 Å². The van der Waals surface area contributed by atoms with Crippen molar-refractivity contribution in [2.75, 3.05) is 38.2 Å². The van der Waals surface area contributed by atoms with Crippen molar-refractivity contribution in [1.82, 2.24) is 4.31 Å². The van der Waals surface area contributed by atoms with Crippen molar-refractivity contribution in [3.8, 4) is 5.75 Å². The van der Waals surface area contributed by atoms with Crippen LogP contribution < -0.4 is 9.64 Å². The largest absolute Gasteiger partial charge is 0.490 e. The molecule has 0 radical (unpaired) electrons. The first-order valence-electron chi connectivity index (χ1n) is 8.48. The van der Waals surface area contributed by atoms with E-state index in [1.807, 2.05) is 31.2 Å². The van der Waals surface area contributed by atoms with Gasteiger partial charge in [0.25, 0.3) is 0 Å². The van der Waals surface area contributed by atoms with Gasteiger partial charge in [-0.25, -0.2) is 8.42 Å². The van der Waals surface area contributed by atoms with Crippen LogP contribution in [-0.2, 0) is 10.0 Å². The molecular formula is C18H21N3O5S. The van der Waals surface area contributed by atoms with Gasteiger partial charge in [-0.3, -0.25) is 10.1 Å². The Morgan fingerprint density at radius 3 is 2.33 bits per heavy atom. The Kier molecular flexibility index (Phi) is 5.33. The molecule has 1 fully saturated rings. The van der Waals surface area contributed by atoms with Crippen LogP contribution in [0.3, 0.4) is 0 Å². The number of ether oxygens (including phenoxy) is 1. The Hall–Kier alpha value is -2.65. The smallest absolute Gasteiger partial charge is 0.312 e. The van der Waals surface area contributed by atoms with E-state index in [1.165, 1.54) is 23.5 Å². The number of sulfonamides is 1. The van der Waals surface area contributed by atoms with Crippen molar-refractivity contribution in [2.24, 2.45) is 0 Å². The summed E-state index contributed by atoms with van der Waals surface area (Å²) in [4.78, 5) is 12.6. The second-order valence-corrected chi connectivity index (χ2v) is 8.21. The summed E-state index contributed by atoms with van der Waals surface area (Å²) in [6.45, 7) is 3.77. The van der Waals surface area contributed by atoms with Crippen LogP contribution in [0.5, 0.6) is 5.75 Å². The van der Waals surface area contributed by atoms with Crippen molar-refractivity contribution in [1.29, 1.82) is 0 Å². The minimum atomic E-state index is -3.81. The molecule has 2 aromatic carbocycles. The van der Waals surface area contributed by atoms with Gasteiger partial charge in [-0.15, -0.1) is 0 Å². The molecule has 0 aromatic heterocycles. The van der Waals surface area contributed by atoms with Crippen LogP contribution >= 0.6 is 0 Å². The van der Waals surface area contributed by atoms with Gasteiger partial charge in [0.15, 0.2) is 5.75 Å². The van der Waals surface area contributed by atoms with Gasteiger partial charge in [-0.05, 0) is 30.7 Å². The molecule has 1 saturated heterocycles. The first kappa shape index (κ1) is 19.1. The highest BCUT2D eigenvalue weighted by Crippen LogP contribution is 2.31. The summed E-state index contributed by atoms with van der Waals surface area (Å²) < 4.78 is 32.1. The molecule has 27 heavy (non-hydrogen) atoms. The van der Waals surface area contributed by atoms with Gasteiger partial charge >= 0.3 is 5.69 Å². The third-order valence-electron chi connectivity index (χ3n) is 4.68. The summed E-state index contributed by atoms with van der Waals surface area (Å²) >= 11 is 0. The summed E-state index contributed by atoms with van der Waals surface area (Å²) in [5, 5.41) is 11.2. The van der Waals surface area contributed by atoms with Crippen molar-refractivity contribution in [3.05, 3.63) is 58.1 Å². The second-order valence-electron chi connectivity index (χ2n) is 6.27. The van der Waals surface area contributed by atoms with Crippen LogP contribution in [0.15, 0.2) is 47.4 Å². The van der Waals surface area contributed by atoms with Crippen LogP contribution in [0.1, 0.15) is 5.56 Å². The molecule has 0 aliphatic carbocycles. The molecule has 1 heterocycles. The fourth-order valence-electron chi connectivity index (χ4n) is 3.21. The highest BCUT2D eigenvalue weighted by atomic mass is 32.2. The molecule has 0 bridgehead atoms. The monoisotopic (exact) mass is 391 g/mol. The Balaban J connectivity index is 1.80. The zero-order valence-electron chi connectivity index (χ0n) is 15.2. The number of nitrogens with zero attached hydrogens (tertiary/aromatic N) is 3. The van der Waals surface area contributed by atoms with E-state index in [0.717, 1.165) is 17.3 Å². The maximum atomic E-state index is 12.9. The predicted molar refractivity (Wildman–Crippen MR) is 102 cm³/mol. The molecule has 0 unspecified atom stereocenters. The van der Waals surface area contributed by atoms with Gasteiger partial charge in [0, 0.05) is 37.9 Å². The highest BCUT2D eigenvalue weighted by molar-refractivity contribution is 7.89. The number of rotatable bonds is 5. The highest BCUT2D eigenvalue weighted by Gasteiger charge is 2.31. The fourth-order valence-corrected chi connectivity index (χ4v) is 4.65. The number of para-hydroxylation sites is 1. The topological polar surface area (TPSA) is 93.0 Å². The van der Waals surface area contributed by atoms with Crippen LogP contribution in [0, 0.1) is 17.0 Å². The summed E-state index contributed by atoms with van der Waals surface area (Å²) in [5.74, 6) is 0.0309. The molecule has 144 valence electrons. The first-order chi connectivity index (χ1) is 12.8. The molecule has 0 saturated carbocycles. The van der Waals surface area contributed by atoms with Crippen molar-refractivity contribution >= 4 is 21.4 Å². The number of hydrogen-bond acceptors (Lipinski definition) is 6. The molecule has 8 nitrogen and oxygen atoms in total. The molecule has 1 aliphatic heterocycles. The Bertz CT molecular complexity index is 953. The molecule has 3 rings (SSSR count). The SMILES string of the molecule is COc1ccc(S(=O)(=O)N2CCN(c3ccccc3C)CC2)cc1[N+](=O)[O-]. The number of aryl methyl sites for hydroxylation is 1. The van der Waals surface area contributed by atoms with E-state index in [0.29, 0.717) is 26.2 Å². The van der Waals surface area contributed by atoms with Crippen LogP contribution in [0.4, 0.5) is 11.4 Å². The Morgan fingerprint density at radius 2 is 1.74 bits per heavy atom. The third-order valence-corrected chi connectivity index (χ3v) is 6.57.